The molecule has 0 aliphatic heterocycles. The van der Waals surface area contributed by atoms with Crippen molar-refractivity contribution in [3.63, 3.8) is 0 Å². The molecule has 0 atom stereocenters. The van der Waals surface area contributed by atoms with Gasteiger partial charge in [-0.05, 0) is 31.5 Å². The number of aryl methyl sites for hydroxylation is 1. The van der Waals surface area contributed by atoms with Gasteiger partial charge in [-0.3, -0.25) is 0 Å². The minimum absolute atomic E-state index is 0.494. The van der Waals surface area contributed by atoms with Crippen LogP contribution >= 0.6 is 0 Å². The predicted molar refractivity (Wildman–Crippen MR) is 80.1 cm³/mol. The zero-order chi connectivity index (χ0) is 14.7. The highest BCUT2D eigenvalue weighted by Gasteiger charge is 2.11. The molecule has 0 bridgehead atoms. The fourth-order valence-corrected chi connectivity index (χ4v) is 2.10. The molecule has 0 unspecified atom stereocenters. The van der Waals surface area contributed by atoms with E-state index < -0.39 is 0 Å². The largest absolute Gasteiger partial charge is 0.370 e. The average molecular weight is 284 g/mol. The lowest BCUT2D eigenvalue weighted by atomic mass is 10.2. The van der Waals surface area contributed by atoms with Crippen molar-refractivity contribution < 1.29 is 4.52 Å². The second kappa shape index (κ2) is 5.74. The molecule has 3 heterocycles. The number of fused-ring (bicyclic) bond motifs is 1. The van der Waals surface area contributed by atoms with Crippen LogP contribution in [0.2, 0.25) is 0 Å². The van der Waals surface area contributed by atoms with Gasteiger partial charge < -0.3 is 15.2 Å². The van der Waals surface area contributed by atoms with E-state index in [-0.39, 0.29) is 0 Å². The van der Waals surface area contributed by atoms with Crippen molar-refractivity contribution in [1.82, 2.24) is 20.1 Å². The topological polar surface area (TPSA) is 88.8 Å². The second-order valence-corrected chi connectivity index (χ2v) is 4.60. The van der Waals surface area contributed by atoms with Gasteiger partial charge >= 0.3 is 0 Å². The molecule has 0 fully saturated rings. The van der Waals surface area contributed by atoms with Crippen molar-refractivity contribution in [2.24, 2.45) is 0 Å². The first-order valence-corrected chi connectivity index (χ1v) is 6.77. The van der Waals surface area contributed by atoms with Gasteiger partial charge in [0.2, 0.25) is 0 Å². The van der Waals surface area contributed by atoms with Crippen LogP contribution in [0.5, 0.6) is 0 Å². The Balaban J connectivity index is 1.80. The average Bonchev–Trinajstić information content (AvgIpc) is 2.88. The highest BCUT2D eigenvalue weighted by molar-refractivity contribution is 5.87. The third kappa shape index (κ3) is 2.76. The van der Waals surface area contributed by atoms with E-state index in [0.29, 0.717) is 12.3 Å². The standard InChI is InChI=1S/C14H16N6O/c1-3-15-11-6-10(4-5-16-11)7-17-13-12-9(2)20-21-14(12)19-8-18-13/h4-6,8H,3,7H2,1-2H3,(H,15,16)(H,17,18,19). The number of pyridine rings is 1. The Kier molecular flexibility index (Phi) is 3.63. The number of nitrogens with one attached hydrogen (secondary N) is 2. The van der Waals surface area contributed by atoms with Crippen LogP contribution in [0.3, 0.4) is 0 Å². The summed E-state index contributed by atoms with van der Waals surface area (Å²) in [5.74, 6) is 1.59. The van der Waals surface area contributed by atoms with Crippen molar-refractivity contribution in [3.05, 3.63) is 35.9 Å². The number of hydrogen-bond donors (Lipinski definition) is 2. The zero-order valence-corrected chi connectivity index (χ0v) is 11.9. The summed E-state index contributed by atoms with van der Waals surface area (Å²) in [5.41, 5.74) is 2.38. The fraction of sp³-hybridized carbons (Fsp3) is 0.286. The molecule has 3 aromatic rings. The van der Waals surface area contributed by atoms with E-state index >= 15 is 0 Å². The number of nitrogens with zero attached hydrogens (tertiary/aromatic N) is 4. The third-order valence-corrected chi connectivity index (χ3v) is 3.09. The van der Waals surface area contributed by atoms with Crippen LogP contribution < -0.4 is 10.6 Å². The maximum Gasteiger partial charge on any atom is 0.263 e. The Labute approximate surface area is 121 Å². The van der Waals surface area contributed by atoms with Gasteiger partial charge in [0, 0.05) is 19.3 Å². The van der Waals surface area contributed by atoms with Gasteiger partial charge in [0.15, 0.2) is 0 Å². The van der Waals surface area contributed by atoms with Gasteiger partial charge in [-0.1, -0.05) is 5.16 Å². The molecule has 108 valence electrons. The quantitative estimate of drug-likeness (QED) is 0.743. The van der Waals surface area contributed by atoms with Crippen molar-refractivity contribution in [2.75, 3.05) is 17.2 Å². The molecular weight excluding hydrogens is 268 g/mol. The van der Waals surface area contributed by atoms with E-state index in [9.17, 15) is 0 Å². The molecule has 0 saturated carbocycles. The van der Waals surface area contributed by atoms with E-state index in [2.05, 4.69) is 30.7 Å². The molecule has 2 N–H and O–H groups in total. The second-order valence-electron chi connectivity index (χ2n) is 4.60. The first-order chi connectivity index (χ1) is 10.3. The lowest BCUT2D eigenvalue weighted by molar-refractivity contribution is 0.442. The molecule has 3 rings (SSSR count). The fourth-order valence-electron chi connectivity index (χ4n) is 2.10. The summed E-state index contributed by atoms with van der Waals surface area (Å²) < 4.78 is 5.13. The zero-order valence-electron chi connectivity index (χ0n) is 11.9. The molecular formula is C14H16N6O. The van der Waals surface area contributed by atoms with E-state index in [1.807, 2.05) is 26.0 Å². The summed E-state index contributed by atoms with van der Waals surface area (Å²) in [7, 11) is 0. The summed E-state index contributed by atoms with van der Waals surface area (Å²) in [5, 5.41) is 11.2. The van der Waals surface area contributed by atoms with Crippen LogP contribution in [0.4, 0.5) is 11.6 Å². The smallest absolute Gasteiger partial charge is 0.263 e. The normalized spacial score (nSPS) is 10.8. The van der Waals surface area contributed by atoms with Crippen LogP contribution in [-0.4, -0.2) is 26.7 Å². The molecule has 7 heteroatoms. The predicted octanol–water partition coefficient (Wildman–Crippen LogP) is 2.37. The van der Waals surface area contributed by atoms with Gasteiger partial charge in [0.05, 0.1) is 5.69 Å². The highest BCUT2D eigenvalue weighted by atomic mass is 16.5. The maximum absolute atomic E-state index is 5.13. The Bertz CT molecular complexity index is 754. The Morgan fingerprint density at radius 2 is 2.10 bits per heavy atom. The van der Waals surface area contributed by atoms with E-state index in [1.165, 1.54) is 6.33 Å². The molecule has 21 heavy (non-hydrogen) atoms. The van der Waals surface area contributed by atoms with Gasteiger partial charge in [-0.2, -0.15) is 4.98 Å². The Morgan fingerprint density at radius 1 is 1.19 bits per heavy atom. The Hall–Kier alpha value is -2.70. The number of anilines is 2. The van der Waals surface area contributed by atoms with Crippen LogP contribution in [-0.2, 0) is 6.54 Å². The summed E-state index contributed by atoms with van der Waals surface area (Å²) in [6.45, 7) is 5.39. The van der Waals surface area contributed by atoms with Crippen LogP contribution in [0.1, 0.15) is 18.2 Å². The van der Waals surface area contributed by atoms with Crippen LogP contribution in [0.25, 0.3) is 11.1 Å². The van der Waals surface area contributed by atoms with Gasteiger partial charge in [0.1, 0.15) is 23.3 Å². The summed E-state index contributed by atoms with van der Waals surface area (Å²) >= 11 is 0. The summed E-state index contributed by atoms with van der Waals surface area (Å²) in [6, 6.07) is 3.97. The highest BCUT2D eigenvalue weighted by Crippen LogP contribution is 2.22. The van der Waals surface area contributed by atoms with Gasteiger partial charge in [-0.15, -0.1) is 0 Å². The summed E-state index contributed by atoms with van der Waals surface area (Å²) in [6.07, 6.45) is 3.25. The number of hydrogen-bond acceptors (Lipinski definition) is 7. The van der Waals surface area contributed by atoms with E-state index in [0.717, 1.165) is 34.8 Å². The van der Waals surface area contributed by atoms with Crippen LogP contribution in [0.15, 0.2) is 29.2 Å². The molecule has 0 amide bonds. The van der Waals surface area contributed by atoms with Crippen molar-refractivity contribution in [1.29, 1.82) is 0 Å². The van der Waals surface area contributed by atoms with Crippen molar-refractivity contribution >= 4 is 22.7 Å². The van der Waals surface area contributed by atoms with Crippen molar-refractivity contribution in [2.45, 2.75) is 20.4 Å². The van der Waals surface area contributed by atoms with E-state index in [1.54, 1.807) is 6.20 Å². The minimum atomic E-state index is 0.494. The molecule has 7 nitrogen and oxygen atoms in total. The SMILES string of the molecule is CCNc1cc(CNc2ncnc3onc(C)c23)ccn1. The molecule has 0 aliphatic carbocycles. The third-order valence-electron chi connectivity index (χ3n) is 3.09. The van der Waals surface area contributed by atoms with Gasteiger partial charge in [0.25, 0.3) is 5.71 Å². The van der Waals surface area contributed by atoms with Crippen molar-refractivity contribution in [3.8, 4) is 0 Å². The van der Waals surface area contributed by atoms with Crippen LogP contribution in [0, 0.1) is 6.92 Å². The molecule has 0 saturated heterocycles. The first-order valence-electron chi connectivity index (χ1n) is 6.77. The van der Waals surface area contributed by atoms with Gasteiger partial charge in [-0.25, -0.2) is 9.97 Å². The molecule has 0 spiro atoms. The monoisotopic (exact) mass is 284 g/mol. The molecule has 0 radical (unpaired) electrons. The maximum atomic E-state index is 5.13. The Morgan fingerprint density at radius 3 is 2.95 bits per heavy atom. The molecule has 0 aliphatic rings. The minimum Gasteiger partial charge on any atom is -0.370 e. The van der Waals surface area contributed by atoms with E-state index in [4.69, 9.17) is 4.52 Å². The number of aromatic nitrogens is 4. The summed E-state index contributed by atoms with van der Waals surface area (Å²) in [4.78, 5) is 12.6. The lowest BCUT2D eigenvalue weighted by Crippen LogP contribution is -2.04. The molecule has 3 aromatic heterocycles. The number of rotatable bonds is 5. The first kappa shape index (κ1) is 13.3. The lowest BCUT2D eigenvalue weighted by Gasteiger charge is -2.08. The molecule has 0 aromatic carbocycles.